The van der Waals surface area contributed by atoms with Crippen LogP contribution in [0.4, 0.5) is 5.69 Å². The zero-order valence-corrected chi connectivity index (χ0v) is 15.2. The number of halogens is 2. The average molecular weight is 380 g/mol. The number of para-hydroxylation sites is 1. The van der Waals surface area contributed by atoms with Gasteiger partial charge in [0.1, 0.15) is 27.9 Å². The van der Waals surface area contributed by atoms with Crippen molar-refractivity contribution in [2.75, 3.05) is 12.5 Å². The SMILES string of the molecule is CNNc1cc(C)nc2c(OCc3c(Cl)c[n+](O)cc3Cl)cccc12. The van der Waals surface area contributed by atoms with E-state index in [9.17, 15) is 5.21 Å². The minimum atomic E-state index is 0.155. The highest BCUT2D eigenvalue weighted by atomic mass is 35.5. The van der Waals surface area contributed by atoms with Crippen LogP contribution in [-0.4, -0.2) is 17.2 Å². The Labute approximate surface area is 154 Å². The maximum atomic E-state index is 9.44. The topological polar surface area (TPSA) is 70.3 Å². The second-order valence-corrected chi connectivity index (χ2v) is 6.25. The molecule has 0 saturated heterocycles. The number of ether oxygens (including phenoxy) is 1. The average Bonchev–Trinajstić information content (AvgIpc) is 2.54. The van der Waals surface area contributed by atoms with E-state index in [0.29, 0.717) is 21.4 Å². The van der Waals surface area contributed by atoms with Gasteiger partial charge in [-0.05, 0) is 19.1 Å². The van der Waals surface area contributed by atoms with E-state index >= 15 is 0 Å². The van der Waals surface area contributed by atoms with Crippen LogP contribution in [-0.2, 0) is 6.61 Å². The summed E-state index contributed by atoms with van der Waals surface area (Å²) < 4.78 is 6.74. The molecule has 3 rings (SSSR count). The van der Waals surface area contributed by atoms with Crippen LogP contribution in [0.3, 0.4) is 0 Å². The Morgan fingerprint density at radius 1 is 1.24 bits per heavy atom. The van der Waals surface area contributed by atoms with E-state index in [1.54, 1.807) is 7.05 Å². The first-order valence-electron chi connectivity index (χ1n) is 7.54. The highest BCUT2D eigenvalue weighted by Crippen LogP contribution is 2.31. The molecule has 3 aromatic rings. The quantitative estimate of drug-likeness (QED) is 0.359. The molecule has 1 aromatic carbocycles. The van der Waals surface area contributed by atoms with Crippen LogP contribution in [0.25, 0.3) is 10.9 Å². The van der Waals surface area contributed by atoms with E-state index in [0.717, 1.165) is 27.0 Å². The third-order valence-electron chi connectivity index (χ3n) is 3.63. The van der Waals surface area contributed by atoms with Crippen molar-refractivity contribution in [2.45, 2.75) is 13.5 Å². The standard InChI is InChI=1S/C17H17Cl2N4O2/c1-10-6-15(22-20-2)11-4-3-5-16(17(11)21-10)25-9-12-13(18)7-23(24)8-14(12)19/h3-8,20,24H,9H2,1-2H3,(H,21,22)/q+1. The molecule has 6 nitrogen and oxygen atoms in total. The van der Waals surface area contributed by atoms with E-state index in [2.05, 4.69) is 15.8 Å². The molecule has 0 aliphatic heterocycles. The predicted molar refractivity (Wildman–Crippen MR) is 97.3 cm³/mol. The molecule has 0 bridgehead atoms. The fraction of sp³-hybridized carbons (Fsp3) is 0.176. The van der Waals surface area contributed by atoms with Gasteiger partial charge in [0.15, 0.2) is 0 Å². The third-order valence-corrected chi connectivity index (χ3v) is 4.28. The number of hydrogen-bond acceptors (Lipinski definition) is 5. The lowest BCUT2D eigenvalue weighted by molar-refractivity contribution is -0.904. The first kappa shape index (κ1) is 17.5. The van der Waals surface area contributed by atoms with Gasteiger partial charge < -0.3 is 10.2 Å². The van der Waals surface area contributed by atoms with Crippen molar-refractivity contribution in [3.8, 4) is 5.75 Å². The predicted octanol–water partition coefficient (Wildman–Crippen LogP) is 3.50. The fourth-order valence-electron chi connectivity index (χ4n) is 2.53. The number of nitrogens with one attached hydrogen (secondary N) is 2. The number of aromatic nitrogens is 2. The van der Waals surface area contributed by atoms with Crippen LogP contribution >= 0.6 is 23.2 Å². The van der Waals surface area contributed by atoms with E-state index < -0.39 is 0 Å². The highest BCUT2D eigenvalue weighted by Gasteiger charge is 2.15. The number of rotatable bonds is 5. The Bertz CT molecular complexity index is 911. The summed E-state index contributed by atoms with van der Waals surface area (Å²) >= 11 is 12.3. The lowest BCUT2D eigenvalue weighted by atomic mass is 10.1. The normalized spacial score (nSPS) is 10.9. The lowest BCUT2D eigenvalue weighted by Crippen LogP contribution is -2.29. The van der Waals surface area contributed by atoms with Gasteiger partial charge in [-0.15, -0.1) is 0 Å². The van der Waals surface area contributed by atoms with Crippen molar-refractivity contribution < 1.29 is 14.7 Å². The summed E-state index contributed by atoms with van der Waals surface area (Å²) in [6.45, 7) is 2.07. The molecule has 2 aromatic heterocycles. The fourth-order valence-corrected chi connectivity index (χ4v) is 3.09. The Balaban J connectivity index is 1.97. The second-order valence-electron chi connectivity index (χ2n) is 5.44. The molecule has 0 radical (unpaired) electrons. The van der Waals surface area contributed by atoms with Crippen molar-refractivity contribution in [1.82, 2.24) is 10.4 Å². The molecule has 0 atom stereocenters. The zero-order valence-electron chi connectivity index (χ0n) is 13.7. The van der Waals surface area contributed by atoms with Crippen LogP contribution in [0.5, 0.6) is 5.75 Å². The minimum Gasteiger partial charge on any atom is -0.486 e. The van der Waals surface area contributed by atoms with Crippen molar-refractivity contribution >= 4 is 39.8 Å². The third kappa shape index (κ3) is 3.71. The summed E-state index contributed by atoms with van der Waals surface area (Å²) in [5.74, 6) is 0.619. The van der Waals surface area contributed by atoms with Crippen LogP contribution in [0, 0.1) is 6.92 Å². The van der Waals surface area contributed by atoms with Gasteiger partial charge in [0.25, 0.3) is 0 Å². The van der Waals surface area contributed by atoms with E-state index in [1.165, 1.54) is 12.4 Å². The van der Waals surface area contributed by atoms with Crippen LogP contribution in [0.15, 0.2) is 36.7 Å². The Kier molecular flexibility index (Phi) is 5.13. The van der Waals surface area contributed by atoms with E-state index in [-0.39, 0.29) is 6.61 Å². The van der Waals surface area contributed by atoms with Gasteiger partial charge in [-0.3, -0.25) is 5.21 Å². The summed E-state index contributed by atoms with van der Waals surface area (Å²) in [6, 6.07) is 7.65. The molecule has 0 saturated carbocycles. The summed E-state index contributed by atoms with van der Waals surface area (Å²) in [5, 5.41) is 11.0. The van der Waals surface area contributed by atoms with Gasteiger partial charge in [-0.1, -0.05) is 35.3 Å². The van der Waals surface area contributed by atoms with Crippen molar-refractivity contribution in [3.05, 3.63) is 58.0 Å². The van der Waals surface area contributed by atoms with E-state index in [4.69, 9.17) is 27.9 Å². The van der Waals surface area contributed by atoms with Crippen LogP contribution in [0.2, 0.25) is 10.0 Å². The summed E-state index contributed by atoms with van der Waals surface area (Å²) in [6.07, 6.45) is 2.71. The van der Waals surface area contributed by atoms with Crippen LogP contribution < -0.4 is 20.3 Å². The van der Waals surface area contributed by atoms with Gasteiger partial charge in [-0.25, -0.2) is 10.4 Å². The number of hydrogen-bond donors (Lipinski definition) is 3. The zero-order chi connectivity index (χ0) is 18.0. The minimum absolute atomic E-state index is 0.155. The molecule has 25 heavy (non-hydrogen) atoms. The molecular weight excluding hydrogens is 363 g/mol. The van der Waals surface area contributed by atoms with Gasteiger partial charge in [0.05, 0.1) is 5.69 Å². The first-order valence-corrected chi connectivity index (χ1v) is 8.29. The molecule has 0 aliphatic rings. The summed E-state index contributed by atoms with van der Waals surface area (Å²) in [5.41, 5.74) is 9.12. The Morgan fingerprint density at radius 3 is 2.64 bits per heavy atom. The van der Waals surface area contributed by atoms with Gasteiger partial charge >= 0.3 is 0 Å². The van der Waals surface area contributed by atoms with Crippen molar-refractivity contribution in [1.29, 1.82) is 0 Å². The number of hydrazine groups is 1. The maximum Gasteiger partial charge on any atom is 0.241 e. The number of benzene rings is 1. The van der Waals surface area contributed by atoms with Crippen molar-refractivity contribution in [2.24, 2.45) is 0 Å². The molecule has 0 unspecified atom stereocenters. The largest absolute Gasteiger partial charge is 0.486 e. The number of nitrogens with zero attached hydrogens (tertiary/aromatic N) is 2. The molecule has 0 spiro atoms. The number of aryl methyl sites for hydroxylation is 1. The number of pyridine rings is 2. The van der Waals surface area contributed by atoms with Gasteiger partial charge in [0.2, 0.25) is 12.4 Å². The molecule has 8 heteroatoms. The first-order chi connectivity index (χ1) is 12.0. The molecule has 2 heterocycles. The molecule has 3 N–H and O–H groups in total. The summed E-state index contributed by atoms with van der Waals surface area (Å²) in [7, 11) is 1.80. The second kappa shape index (κ2) is 7.31. The highest BCUT2D eigenvalue weighted by molar-refractivity contribution is 6.35. The molecule has 0 fully saturated rings. The van der Waals surface area contributed by atoms with Gasteiger partial charge in [0, 0.05) is 28.4 Å². The van der Waals surface area contributed by atoms with E-state index in [1.807, 2.05) is 31.2 Å². The molecule has 0 aliphatic carbocycles. The maximum absolute atomic E-state index is 9.44. The monoisotopic (exact) mass is 379 g/mol. The summed E-state index contributed by atoms with van der Waals surface area (Å²) in [4.78, 5) is 4.59. The molecule has 130 valence electrons. The molecule has 0 amide bonds. The molecular formula is C17H17Cl2N4O2+. The Hall–Kier alpha value is -2.28. The van der Waals surface area contributed by atoms with Crippen LogP contribution in [0.1, 0.15) is 11.3 Å². The smallest absolute Gasteiger partial charge is 0.241 e. The lowest BCUT2D eigenvalue weighted by Gasteiger charge is -2.13. The van der Waals surface area contributed by atoms with Crippen molar-refractivity contribution in [3.63, 3.8) is 0 Å². The van der Waals surface area contributed by atoms with Gasteiger partial charge in [-0.2, -0.15) is 0 Å². The Morgan fingerprint density at radius 2 is 1.96 bits per heavy atom. The number of anilines is 1. The number of fused-ring (bicyclic) bond motifs is 1.